The summed E-state index contributed by atoms with van der Waals surface area (Å²) in [4.78, 5) is 16.5. The van der Waals surface area contributed by atoms with Crippen LogP contribution in [-0.4, -0.2) is 32.5 Å². The van der Waals surface area contributed by atoms with Crippen LogP contribution in [0.5, 0.6) is 0 Å². The number of aryl methyl sites for hydroxylation is 1. The van der Waals surface area contributed by atoms with Crippen LogP contribution in [-0.2, 0) is 34.4 Å². The van der Waals surface area contributed by atoms with Crippen LogP contribution in [0.15, 0.2) is 77.0 Å². The number of carbonyl (C=O) groups is 1. The van der Waals surface area contributed by atoms with Crippen LogP contribution >= 0.6 is 0 Å². The van der Waals surface area contributed by atoms with Gasteiger partial charge in [0.2, 0.25) is 16.6 Å². The monoisotopic (exact) mass is 925 g/mol. The molecule has 0 saturated carbocycles. The van der Waals surface area contributed by atoms with Gasteiger partial charge in [0, 0.05) is 66.4 Å². The minimum atomic E-state index is -1.93. The average molecular weight is 925 g/mol. The van der Waals surface area contributed by atoms with E-state index in [9.17, 15) is 9.90 Å². The van der Waals surface area contributed by atoms with Gasteiger partial charge in [-0.15, -0.1) is 29.1 Å². The van der Waals surface area contributed by atoms with Crippen molar-refractivity contribution in [2.75, 3.05) is 0 Å². The van der Waals surface area contributed by atoms with Crippen LogP contribution in [0.3, 0.4) is 0 Å². The Morgan fingerprint density at radius 1 is 0.868 bits per heavy atom. The number of pyridine rings is 1. The van der Waals surface area contributed by atoms with Crippen LogP contribution < -0.4 is 10.4 Å². The molecule has 3 aromatic carbocycles. The largest absolute Gasteiger partial charge is 0.512 e. The number of aromatic nitrogens is 1. The first-order valence-corrected chi connectivity index (χ1v) is 24.9. The molecule has 1 aliphatic heterocycles. The zero-order chi connectivity index (χ0) is 38.2. The molecule has 8 heteroatoms. The number of allylic oxidation sites excluding steroid dienone is 2. The van der Waals surface area contributed by atoms with E-state index in [0.717, 1.165) is 70.2 Å². The summed E-state index contributed by atoms with van der Waals surface area (Å²) in [5.74, 6) is 1.46. The van der Waals surface area contributed by atoms with Gasteiger partial charge in [-0.3, -0.25) is 9.78 Å². The van der Waals surface area contributed by atoms with Crippen LogP contribution in [0.25, 0.3) is 44.3 Å². The summed E-state index contributed by atoms with van der Waals surface area (Å²) >= 11 is 0. The molecule has 0 bridgehead atoms. The number of aliphatic hydroxyl groups excluding tert-OH is 1. The van der Waals surface area contributed by atoms with E-state index < -0.39 is 16.6 Å². The summed E-state index contributed by atoms with van der Waals surface area (Å²) in [5.41, 5.74) is 6.18. The van der Waals surface area contributed by atoms with Crippen molar-refractivity contribution < 1.29 is 38.5 Å². The maximum Gasteiger partial charge on any atom is 0.206 e. The van der Waals surface area contributed by atoms with E-state index in [2.05, 4.69) is 115 Å². The van der Waals surface area contributed by atoms with E-state index in [-0.39, 0.29) is 48.9 Å². The van der Waals surface area contributed by atoms with Gasteiger partial charge >= 0.3 is 0 Å². The van der Waals surface area contributed by atoms with Crippen molar-refractivity contribution in [3.8, 4) is 22.6 Å². The van der Waals surface area contributed by atoms with Gasteiger partial charge in [0.25, 0.3) is 0 Å². The fraction of sp³-hybridized carbons (Fsp3) is 0.422. The van der Waals surface area contributed by atoms with Gasteiger partial charge in [-0.25, -0.2) is 0 Å². The number of hydrogen-bond acceptors (Lipinski definition) is 5. The fourth-order valence-electron chi connectivity index (χ4n) is 7.83. The summed E-state index contributed by atoms with van der Waals surface area (Å²) in [6.45, 7) is 26.2. The molecule has 0 atom stereocenters. The topological polar surface area (TPSA) is 72.6 Å². The Morgan fingerprint density at radius 3 is 2.11 bits per heavy atom. The number of aliphatic hydroxyl groups is 1. The van der Waals surface area contributed by atoms with Gasteiger partial charge in [0.05, 0.1) is 5.76 Å². The second-order valence-electron chi connectivity index (χ2n) is 16.4. The van der Waals surface area contributed by atoms with Crippen LogP contribution in [0.2, 0.25) is 26.2 Å². The number of fused-ring (bicyclic) bond motifs is 3. The summed E-state index contributed by atoms with van der Waals surface area (Å²) < 4.78 is 13.4. The van der Waals surface area contributed by atoms with E-state index in [4.69, 9.17) is 13.5 Å². The van der Waals surface area contributed by atoms with E-state index in [1.54, 1.807) is 0 Å². The molecule has 1 radical (unpaired) electrons. The first kappa shape index (κ1) is 42.6. The smallest absolute Gasteiger partial charge is 0.206 e. The third-order valence-electron chi connectivity index (χ3n) is 10.9. The Morgan fingerprint density at radius 2 is 1.49 bits per heavy atom. The van der Waals surface area contributed by atoms with E-state index in [0.29, 0.717) is 0 Å². The average Bonchev–Trinajstić information content (AvgIpc) is 3.53. The molecule has 0 spiro atoms. The number of benzene rings is 3. The molecule has 53 heavy (non-hydrogen) atoms. The predicted molar refractivity (Wildman–Crippen MR) is 224 cm³/mol. The van der Waals surface area contributed by atoms with Crippen LogP contribution in [0.4, 0.5) is 0 Å². The number of hydrogen-bond donors (Lipinski definition) is 1. The van der Waals surface area contributed by atoms with E-state index >= 15 is 0 Å². The number of ketones is 1. The minimum Gasteiger partial charge on any atom is -0.512 e. The SMILES string of the molecule is CCC(CC)C(=O)/C=C(\O)C(CC)CC.Cc1c(-c2ccc3c(c2)[Si](C)(C)O[Si]3(C)C)oc2c(-c3[c-]c4ccccc4c(C(C)(C)C)c3)nccc12.[Ir]. The predicted octanol–water partition coefficient (Wildman–Crippen LogP) is 11.4. The molecule has 2 aromatic heterocycles. The van der Waals surface area contributed by atoms with Crippen LogP contribution in [0.1, 0.15) is 85.3 Å². The Hall–Kier alpha value is -3.14. The molecule has 6 rings (SSSR count). The Balaban J connectivity index is 0.000000335. The Kier molecular flexibility index (Phi) is 13.4. The number of rotatable bonds is 9. The third kappa shape index (κ3) is 8.73. The summed E-state index contributed by atoms with van der Waals surface area (Å²) in [6, 6.07) is 23.3. The first-order chi connectivity index (χ1) is 24.5. The summed E-state index contributed by atoms with van der Waals surface area (Å²) in [7, 11) is -3.77. The van der Waals surface area contributed by atoms with Gasteiger partial charge in [0.1, 0.15) is 11.3 Å². The molecule has 3 heterocycles. The van der Waals surface area contributed by atoms with Crippen molar-refractivity contribution in [1.29, 1.82) is 0 Å². The van der Waals surface area contributed by atoms with Crippen molar-refractivity contribution in [3.63, 3.8) is 0 Å². The Bertz CT molecular complexity index is 2120. The fourth-order valence-corrected chi connectivity index (χ4v) is 18.1. The quantitative estimate of drug-likeness (QED) is 0.0690. The molecule has 0 fully saturated rings. The Labute approximate surface area is 333 Å². The van der Waals surface area contributed by atoms with Gasteiger partial charge < -0.3 is 13.6 Å². The number of nitrogens with zero attached hydrogens (tertiary/aromatic N) is 1. The number of furan rings is 1. The standard InChI is InChI=1S/C32H34NO2Si2.C13H24O2.Ir/c1-20-24-15-16-33-29(23-17-21-11-9-10-12-25(21)26(18-23)32(2,3)4)31(24)34-30(20)22-13-14-27-28(19-22)37(7,8)35-36(27,5)6;1-5-10(6-2)12(14)9-13(15)11(7-3)8-4;/h9-16,18-19H,1-8H3;9-11,14H,5-8H2,1-4H3;/q-1;;/b;12-9-;. The third-order valence-corrected chi connectivity index (χ3v) is 18.6. The molecule has 5 nitrogen and oxygen atoms in total. The van der Waals surface area contributed by atoms with Crippen molar-refractivity contribution in [3.05, 3.63) is 89.8 Å². The molecule has 0 amide bonds. The molecule has 0 aliphatic carbocycles. The zero-order valence-corrected chi connectivity index (χ0v) is 38.2. The molecule has 285 valence electrons. The normalized spacial score (nSPS) is 15.0. The van der Waals surface area contributed by atoms with E-state index in [1.807, 2.05) is 33.9 Å². The molecule has 1 aliphatic rings. The van der Waals surface area contributed by atoms with Crippen molar-refractivity contribution in [2.24, 2.45) is 11.8 Å². The van der Waals surface area contributed by atoms with Gasteiger partial charge in [-0.1, -0.05) is 89.7 Å². The van der Waals surface area contributed by atoms with Crippen molar-refractivity contribution >= 4 is 54.5 Å². The minimum absolute atomic E-state index is 0. The molecule has 0 unspecified atom stereocenters. The molecular formula is C45H58IrNO4Si2-. The molecule has 0 saturated heterocycles. The molecule has 1 N–H and O–H groups in total. The van der Waals surface area contributed by atoms with Gasteiger partial charge in [-0.05, 0) is 86.7 Å². The molecular weight excluding hydrogens is 867 g/mol. The van der Waals surface area contributed by atoms with Gasteiger partial charge in [0.15, 0.2) is 5.78 Å². The summed E-state index contributed by atoms with van der Waals surface area (Å²) in [6.07, 6.45) is 6.80. The van der Waals surface area contributed by atoms with E-state index in [1.165, 1.54) is 27.4 Å². The van der Waals surface area contributed by atoms with Crippen LogP contribution in [0, 0.1) is 24.8 Å². The first-order valence-electron chi connectivity index (χ1n) is 19.1. The maximum absolute atomic E-state index is 11.7. The second kappa shape index (κ2) is 16.7. The second-order valence-corrected chi connectivity index (χ2v) is 24.3. The molecule has 5 aromatic rings. The number of carbonyl (C=O) groups excluding carboxylic acids is 1. The summed E-state index contributed by atoms with van der Waals surface area (Å²) in [5, 5.41) is 16.0. The maximum atomic E-state index is 11.7. The van der Waals surface area contributed by atoms with Crippen molar-refractivity contribution in [1.82, 2.24) is 4.98 Å². The van der Waals surface area contributed by atoms with Gasteiger partial charge in [-0.2, -0.15) is 0 Å². The van der Waals surface area contributed by atoms with Crippen molar-refractivity contribution in [2.45, 2.75) is 113 Å². The zero-order valence-electron chi connectivity index (χ0n) is 33.8.